The first-order chi connectivity index (χ1) is 6.96. The summed E-state index contributed by atoms with van der Waals surface area (Å²) < 4.78 is 0. The van der Waals surface area contributed by atoms with E-state index in [9.17, 15) is 0 Å². The summed E-state index contributed by atoms with van der Waals surface area (Å²) in [5.74, 6) is 0. The molecule has 2 N–H and O–H groups in total. The van der Waals surface area contributed by atoms with Gasteiger partial charge < -0.3 is 10.6 Å². The second-order valence-corrected chi connectivity index (χ2v) is 4.56. The summed E-state index contributed by atoms with van der Waals surface area (Å²) in [6.45, 7) is 10.4. The molecule has 0 aliphatic rings. The van der Waals surface area contributed by atoms with E-state index < -0.39 is 5.54 Å². The highest BCUT2D eigenvalue weighted by Crippen LogP contribution is 2.13. The molecule has 0 bridgehead atoms. The lowest BCUT2D eigenvalue weighted by Gasteiger charge is -2.31. The van der Waals surface area contributed by atoms with Crippen molar-refractivity contribution in [1.29, 1.82) is 5.26 Å². The van der Waals surface area contributed by atoms with E-state index in [1.54, 1.807) is 6.92 Å². The van der Waals surface area contributed by atoms with E-state index in [1.807, 2.05) is 0 Å². The van der Waals surface area contributed by atoms with Gasteiger partial charge in [0.05, 0.1) is 6.07 Å². The second kappa shape index (κ2) is 6.81. The number of hydrogen-bond acceptors (Lipinski definition) is 3. The molecule has 3 nitrogen and oxygen atoms in total. The van der Waals surface area contributed by atoms with Crippen LogP contribution < -0.4 is 5.73 Å². The number of nitrogens with zero attached hydrogens (tertiary/aromatic N) is 2. The minimum Gasteiger partial charge on any atom is -0.314 e. The van der Waals surface area contributed by atoms with Gasteiger partial charge in [-0.3, -0.25) is 0 Å². The summed E-state index contributed by atoms with van der Waals surface area (Å²) in [5, 5.41) is 8.88. The number of rotatable bonds is 7. The molecule has 0 fully saturated rings. The molecule has 0 saturated carbocycles. The summed E-state index contributed by atoms with van der Waals surface area (Å²) in [7, 11) is 0. The van der Waals surface area contributed by atoms with Gasteiger partial charge in [0.2, 0.25) is 0 Å². The molecule has 0 saturated heterocycles. The Morgan fingerprint density at radius 1 is 1.47 bits per heavy atom. The maximum Gasteiger partial charge on any atom is 0.102 e. The Bertz CT molecular complexity index is 205. The number of hydrogen-bond donors (Lipinski definition) is 1. The van der Waals surface area contributed by atoms with Crippen LogP contribution in [0.2, 0.25) is 0 Å². The van der Waals surface area contributed by atoms with E-state index in [0.717, 1.165) is 19.5 Å². The largest absolute Gasteiger partial charge is 0.314 e. The van der Waals surface area contributed by atoms with Crippen molar-refractivity contribution in [2.45, 2.75) is 58.5 Å². The number of nitriles is 1. The predicted molar refractivity (Wildman–Crippen MR) is 64.4 cm³/mol. The highest BCUT2D eigenvalue weighted by atomic mass is 15.1. The monoisotopic (exact) mass is 211 g/mol. The van der Waals surface area contributed by atoms with E-state index in [0.29, 0.717) is 6.04 Å². The molecule has 0 aromatic carbocycles. The third-order valence-corrected chi connectivity index (χ3v) is 2.80. The molecule has 2 atom stereocenters. The van der Waals surface area contributed by atoms with Crippen molar-refractivity contribution in [2.24, 2.45) is 5.73 Å². The Balaban J connectivity index is 4.15. The summed E-state index contributed by atoms with van der Waals surface area (Å²) in [6.07, 6.45) is 3.16. The third-order valence-electron chi connectivity index (χ3n) is 2.80. The molecule has 0 heterocycles. The first-order valence-corrected chi connectivity index (χ1v) is 5.91. The second-order valence-electron chi connectivity index (χ2n) is 4.56. The Hall–Kier alpha value is -0.590. The van der Waals surface area contributed by atoms with Crippen molar-refractivity contribution in [3.63, 3.8) is 0 Å². The summed E-state index contributed by atoms with van der Waals surface area (Å²) in [5.41, 5.74) is 5.15. The van der Waals surface area contributed by atoms with Crippen LogP contribution in [-0.4, -0.2) is 29.6 Å². The number of unbranched alkanes of at least 4 members (excludes halogenated alkanes) is 1. The van der Waals surface area contributed by atoms with Gasteiger partial charge >= 0.3 is 0 Å². The van der Waals surface area contributed by atoms with Crippen molar-refractivity contribution >= 4 is 0 Å². The number of nitrogens with two attached hydrogens (primary N) is 1. The minimum absolute atomic E-state index is 0.385. The Labute approximate surface area is 94.2 Å². The van der Waals surface area contributed by atoms with Crippen molar-refractivity contribution in [1.82, 2.24) is 4.90 Å². The van der Waals surface area contributed by atoms with E-state index in [4.69, 9.17) is 11.0 Å². The van der Waals surface area contributed by atoms with Crippen LogP contribution in [0.15, 0.2) is 0 Å². The molecule has 0 amide bonds. The quantitative estimate of drug-likeness (QED) is 0.702. The van der Waals surface area contributed by atoms with Crippen LogP contribution >= 0.6 is 0 Å². The van der Waals surface area contributed by atoms with Gasteiger partial charge in [-0.05, 0) is 39.8 Å². The predicted octanol–water partition coefficient (Wildman–Crippen LogP) is 2.13. The molecule has 0 aromatic rings. The van der Waals surface area contributed by atoms with Gasteiger partial charge in [-0.25, -0.2) is 0 Å². The van der Waals surface area contributed by atoms with Crippen LogP contribution in [0, 0.1) is 11.3 Å². The molecule has 0 spiro atoms. The van der Waals surface area contributed by atoms with Gasteiger partial charge in [0.15, 0.2) is 0 Å². The fourth-order valence-corrected chi connectivity index (χ4v) is 1.84. The zero-order valence-electron chi connectivity index (χ0n) is 10.6. The molecule has 15 heavy (non-hydrogen) atoms. The van der Waals surface area contributed by atoms with Crippen molar-refractivity contribution in [3.8, 4) is 6.07 Å². The van der Waals surface area contributed by atoms with Crippen LogP contribution in [-0.2, 0) is 0 Å². The maximum atomic E-state index is 8.88. The average Bonchev–Trinajstić information content (AvgIpc) is 2.18. The fourth-order valence-electron chi connectivity index (χ4n) is 1.84. The van der Waals surface area contributed by atoms with E-state index in [2.05, 4.69) is 31.7 Å². The van der Waals surface area contributed by atoms with Gasteiger partial charge in [0.1, 0.15) is 5.54 Å². The molecule has 0 aliphatic heterocycles. The van der Waals surface area contributed by atoms with Gasteiger partial charge in [0, 0.05) is 6.04 Å². The van der Waals surface area contributed by atoms with Gasteiger partial charge in [-0.15, -0.1) is 0 Å². The normalized spacial score (nSPS) is 17.1. The lowest BCUT2D eigenvalue weighted by molar-refractivity contribution is 0.191. The summed E-state index contributed by atoms with van der Waals surface area (Å²) >= 11 is 0. The smallest absolute Gasteiger partial charge is 0.102 e. The lowest BCUT2D eigenvalue weighted by Crippen LogP contribution is -2.44. The zero-order chi connectivity index (χ0) is 11.9. The third kappa shape index (κ3) is 5.76. The Morgan fingerprint density at radius 3 is 2.47 bits per heavy atom. The molecular formula is C12H25N3. The summed E-state index contributed by atoms with van der Waals surface area (Å²) in [4.78, 5) is 2.39. The Morgan fingerprint density at radius 2 is 2.07 bits per heavy atom. The highest BCUT2D eigenvalue weighted by Gasteiger charge is 2.23. The van der Waals surface area contributed by atoms with Crippen LogP contribution in [0.4, 0.5) is 0 Å². The van der Waals surface area contributed by atoms with Gasteiger partial charge in [0.25, 0.3) is 0 Å². The molecule has 0 aromatic heterocycles. The van der Waals surface area contributed by atoms with Crippen LogP contribution in [0.1, 0.15) is 47.0 Å². The first-order valence-electron chi connectivity index (χ1n) is 5.91. The van der Waals surface area contributed by atoms with Crippen molar-refractivity contribution < 1.29 is 0 Å². The standard InChI is InChI=1S/C12H25N3/c1-5-7-8-15(6-2)11(3)9-12(4,14)10-13/h11H,5-9,14H2,1-4H3. The molecule has 0 aliphatic carbocycles. The van der Waals surface area contributed by atoms with E-state index in [1.165, 1.54) is 12.8 Å². The molecule has 0 radical (unpaired) electrons. The van der Waals surface area contributed by atoms with Gasteiger partial charge in [-0.2, -0.15) is 5.26 Å². The fraction of sp³-hybridized carbons (Fsp3) is 0.917. The van der Waals surface area contributed by atoms with Crippen molar-refractivity contribution in [3.05, 3.63) is 0 Å². The Kier molecular flexibility index (Phi) is 6.55. The van der Waals surface area contributed by atoms with Crippen molar-refractivity contribution in [2.75, 3.05) is 13.1 Å². The molecule has 88 valence electrons. The maximum absolute atomic E-state index is 8.88. The first kappa shape index (κ1) is 14.4. The lowest BCUT2D eigenvalue weighted by atomic mass is 9.96. The molecule has 0 rings (SSSR count). The molecule has 2 unspecified atom stereocenters. The van der Waals surface area contributed by atoms with E-state index >= 15 is 0 Å². The minimum atomic E-state index is -0.695. The highest BCUT2D eigenvalue weighted by molar-refractivity contribution is 5.02. The average molecular weight is 211 g/mol. The van der Waals surface area contributed by atoms with Gasteiger partial charge in [-0.1, -0.05) is 20.3 Å². The molecular weight excluding hydrogens is 186 g/mol. The zero-order valence-corrected chi connectivity index (χ0v) is 10.6. The topological polar surface area (TPSA) is 53.0 Å². The SMILES string of the molecule is CCCCN(CC)C(C)CC(C)(N)C#N. The van der Waals surface area contributed by atoms with Crippen LogP contribution in [0.3, 0.4) is 0 Å². The van der Waals surface area contributed by atoms with Crippen LogP contribution in [0.25, 0.3) is 0 Å². The van der Waals surface area contributed by atoms with Crippen LogP contribution in [0.5, 0.6) is 0 Å². The summed E-state index contributed by atoms with van der Waals surface area (Å²) in [6, 6.07) is 2.54. The van der Waals surface area contributed by atoms with E-state index in [-0.39, 0.29) is 0 Å². The molecule has 3 heteroatoms.